The average Bonchev–Trinajstić information content (AvgIpc) is 2.37. The smallest absolute Gasteiger partial charge is 0.262 e. The molecule has 0 spiro atoms. The molecule has 6 nitrogen and oxygen atoms in total. The first-order chi connectivity index (χ1) is 8.60. The van der Waals surface area contributed by atoms with Crippen LogP contribution in [-0.2, 0) is 4.79 Å². The van der Waals surface area contributed by atoms with Gasteiger partial charge in [-0.25, -0.2) is 0 Å². The SMILES string of the molecule is CC(CO)NC(=O)c1ccc2c(c1)OCC(=O)N2. The number of benzene rings is 1. The molecule has 1 aromatic rings. The number of amides is 2. The zero-order chi connectivity index (χ0) is 13.1. The monoisotopic (exact) mass is 250 g/mol. The highest BCUT2D eigenvalue weighted by molar-refractivity contribution is 5.99. The Kier molecular flexibility index (Phi) is 3.47. The fourth-order valence-corrected chi connectivity index (χ4v) is 1.57. The van der Waals surface area contributed by atoms with E-state index < -0.39 is 0 Å². The summed E-state index contributed by atoms with van der Waals surface area (Å²) in [5, 5.41) is 14.1. The molecule has 18 heavy (non-hydrogen) atoms. The molecule has 3 N–H and O–H groups in total. The molecule has 0 fully saturated rings. The number of carbonyl (C=O) groups excluding carboxylic acids is 2. The second-order valence-electron chi connectivity index (χ2n) is 4.10. The van der Waals surface area contributed by atoms with Crippen molar-refractivity contribution < 1.29 is 19.4 Å². The van der Waals surface area contributed by atoms with Gasteiger partial charge in [0.05, 0.1) is 12.3 Å². The van der Waals surface area contributed by atoms with Crippen LogP contribution in [0.25, 0.3) is 0 Å². The number of aliphatic hydroxyl groups excluding tert-OH is 1. The summed E-state index contributed by atoms with van der Waals surface area (Å²) in [6.07, 6.45) is 0. The van der Waals surface area contributed by atoms with Crippen molar-refractivity contribution >= 4 is 17.5 Å². The first-order valence-electron chi connectivity index (χ1n) is 5.58. The van der Waals surface area contributed by atoms with E-state index in [2.05, 4.69) is 10.6 Å². The van der Waals surface area contributed by atoms with Crippen molar-refractivity contribution in [2.75, 3.05) is 18.5 Å². The summed E-state index contributed by atoms with van der Waals surface area (Å²) in [4.78, 5) is 22.9. The third-order valence-corrected chi connectivity index (χ3v) is 2.53. The quantitative estimate of drug-likeness (QED) is 0.711. The van der Waals surface area contributed by atoms with Gasteiger partial charge in [0.2, 0.25) is 0 Å². The number of rotatable bonds is 3. The Morgan fingerprint density at radius 3 is 3.11 bits per heavy atom. The van der Waals surface area contributed by atoms with Gasteiger partial charge >= 0.3 is 0 Å². The van der Waals surface area contributed by atoms with Crippen molar-refractivity contribution in [1.82, 2.24) is 5.32 Å². The van der Waals surface area contributed by atoms with Crippen molar-refractivity contribution in [3.63, 3.8) is 0 Å². The van der Waals surface area contributed by atoms with Crippen molar-refractivity contribution in [2.45, 2.75) is 13.0 Å². The summed E-state index contributed by atoms with van der Waals surface area (Å²) in [5.41, 5.74) is 0.975. The fraction of sp³-hybridized carbons (Fsp3) is 0.333. The maximum absolute atomic E-state index is 11.8. The van der Waals surface area contributed by atoms with E-state index in [1.54, 1.807) is 25.1 Å². The minimum absolute atomic E-state index is 0.0505. The minimum Gasteiger partial charge on any atom is -0.482 e. The number of fused-ring (bicyclic) bond motifs is 1. The van der Waals surface area contributed by atoms with Crippen LogP contribution in [0.1, 0.15) is 17.3 Å². The van der Waals surface area contributed by atoms with Crippen molar-refractivity contribution in [3.8, 4) is 5.75 Å². The summed E-state index contributed by atoms with van der Waals surface area (Å²) in [6, 6.07) is 4.46. The van der Waals surface area contributed by atoms with Gasteiger partial charge in [-0.15, -0.1) is 0 Å². The van der Waals surface area contributed by atoms with Gasteiger partial charge in [0.1, 0.15) is 5.75 Å². The lowest BCUT2D eigenvalue weighted by Crippen LogP contribution is -2.35. The number of aliphatic hydroxyl groups is 1. The fourth-order valence-electron chi connectivity index (χ4n) is 1.57. The van der Waals surface area contributed by atoms with Gasteiger partial charge in [0, 0.05) is 11.6 Å². The van der Waals surface area contributed by atoms with Gasteiger partial charge in [0.25, 0.3) is 11.8 Å². The lowest BCUT2D eigenvalue weighted by atomic mass is 10.1. The minimum atomic E-state index is -0.311. The molecule has 0 aromatic heterocycles. The zero-order valence-electron chi connectivity index (χ0n) is 9.90. The van der Waals surface area contributed by atoms with Gasteiger partial charge in [-0.05, 0) is 25.1 Å². The Morgan fingerprint density at radius 1 is 1.61 bits per heavy atom. The maximum atomic E-state index is 11.8. The summed E-state index contributed by atoms with van der Waals surface area (Å²) in [7, 11) is 0. The molecule has 1 heterocycles. The van der Waals surface area contributed by atoms with E-state index in [0.717, 1.165) is 0 Å². The molecule has 0 aliphatic carbocycles. The molecule has 0 saturated carbocycles. The van der Waals surface area contributed by atoms with Crippen LogP contribution >= 0.6 is 0 Å². The number of hydrogen-bond donors (Lipinski definition) is 3. The van der Waals surface area contributed by atoms with Crippen LogP contribution in [0.5, 0.6) is 5.75 Å². The molecule has 1 aliphatic heterocycles. The van der Waals surface area contributed by atoms with E-state index in [9.17, 15) is 9.59 Å². The molecular weight excluding hydrogens is 236 g/mol. The van der Waals surface area contributed by atoms with E-state index in [1.165, 1.54) is 0 Å². The van der Waals surface area contributed by atoms with E-state index in [0.29, 0.717) is 17.0 Å². The molecule has 2 amide bonds. The molecule has 96 valence electrons. The Labute approximate surface area is 104 Å². The van der Waals surface area contributed by atoms with Crippen LogP contribution in [0.2, 0.25) is 0 Å². The van der Waals surface area contributed by atoms with Crippen LogP contribution < -0.4 is 15.4 Å². The summed E-state index contributed by atoms with van der Waals surface area (Å²) in [5.74, 6) is -0.0349. The van der Waals surface area contributed by atoms with E-state index in [-0.39, 0.29) is 31.1 Å². The van der Waals surface area contributed by atoms with E-state index in [1.807, 2.05) is 0 Å². The Morgan fingerprint density at radius 2 is 2.39 bits per heavy atom. The molecule has 2 rings (SSSR count). The Balaban J connectivity index is 2.16. The van der Waals surface area contributed by atoms with E-state index >= 15 is 0 Å². The molecule has 1 unspecified atom stereocenters. The zero-order valence-corrected chi connectivity index (χ0v) is 9.90. The van der Waals surface area contributed by atoms with Gasteiger partial charge in [-0.3, -0.25) is 9.59 Å². The van der Waals surface area contributed by atoms with Gasteiger partial charge in [-0.2, -0.15) is 0 Å². The second kappa shape index (κ2) is 5.05. The third kappa shape index (κ3) is 2.60. The van der Waals surface area contributed by atoms with Crippen LogP contribution in [0, 0.1) is 0 Å². The summed E-state index contributed by atoms with van der Waals surface area (Å²) < 4.78 is 5.22. The molecule has 1 atom stereocenters. The number of carbonyl (C=O) groups is 2. The first-order valence-corrected chi connectivity index (χ1v) is 5.58. The standard InChI is InChI=1S/C12H14N2O4/c1-7(5-15)13-12(17)8-2-3-9-10(4-8)18-6-11(16)14-9/h2-4,7,15H,5-6H2,1H3,(H,13,17)(H,14,16). The van der Waals surface area contributed by atoms with E-state index in [4.69, 9.17) is 9.84 Å². The maximum Gasteiger partial charge on any atom is 0.262 e. The summed E-state index contributed by atoms with van der Waals surface area (Å²) >= 11 is 0. The number of anilines is 1. The van der Waals surface area contributed by atoms with Gasteiger partial charge in [-0.1, -0.05) is 0 Å². The number of ether oxygens (including phenoxy) is 1. The largest absolute Gasteiger partial charge is 0.482 e. The van der Waals surface area contributed by atoms with Crippen molar-refractivity contribution in [3.05, 3.63) is 23.8 Å². The lowest BCUT2D eigenvalue weighted by Gasteiger charge is -2.18. The van der Waals surface area contributed by atoms with Crippen LogP contribution in [0.3, 0.4) is 0 Å². The molecule has 0 radical (unpaired) electrons. The van der Waals surface area contributed by atoms with Crippen LogP contribution in [0.4, 0.5) is 5.69 Å². The predicted octanol–water partition coefficient (Wildman–Crippen LogP) is 0.128. The van der Waals surface area contributed by atoms with Crippen molar-refractivity contribution in [2.24, 2.45) is 0 Å². The van der Waals surface area contributed by atoms with Gasteiger partial charge in [0.15, 0.2) is 6.61 Å². The number of hydrogen-bond acceptors (Lipinski definition) is 4. The van der Waals surface area contributed by atoms with Crippen LogP contribution in [-0.4, -0.2) is 36.2 Å². The molecule has 1 aliphatic rings. The highest BCUT2D eigenvalue weighted by atomic mass is 16.5. The lowest BCUT2D eigenvalue weighted by molar-refractivity contribution is -0.118. The molecule has 6 heteroatoms. The van der Waals surface area contributed by atoms with Gasteiger partial charge < -0.3 is 20.5 Å². The normalized spacial score (nSPS) is 15.1. The molecule has 1 aromatic carbocycles. The first kappa shape index (κ1) is 12.4. The number of nitrogens with one attached hydrogen (secondary N) is 2. The third-order valence-electron chi connectivity index (χ3n) is 2.53. The van der Waals surface area contributed by atoms with Crippen LogP contribution in [0.15, 0.2) is 18.2 Å². The topological polar surface area (TPSA) is 87.7 Å². The second-order valence-corrected chi connectivity index (χ2v) is 4.10. The predicted molar refractivity (Wildman–Crippen MR) is 64.6 cm³/mol. The Hall–Kier alpha value is -2.08. The molecule has 0 bridgehead atoms. The highest BCUT2D eigenvalue weighted by Gasteiger charge is 2.18. The van der Waals surface area contributed by atoms with Crippen molar-refractivity contribution in [1.29, 1.82) is 0 Å². The summed E-state index contributed by atoms with van der Waals surface area (Å²) in [6.45, 7) is 1.53. The Bertz CT molecular complexity index is 487. The average molecular weight is 250 g/mol. The molecular formula is C12H14N2O4. The molecule has 0 saturated heterocycles. The highest BCUT2D eigenvalue weighted by Crippen LogP contribution is 2.28.